The lowest BCUT2D eigenvalue weighted by Crippen LogP contribution is -1.96. The van der Waals surface area contributed by atoms with Gasteiger partial charge in [0, 0.05) is 12.8 Å². The molecule has 0 aliphatic rings. The van der Waals surface area contributed by atoms with Gasteiger partial charge < -0.3 is 4.79 Å². The summed E-state index contributed by atoms with van der Waals surface area (Å²) in [4.78, 5) is 20.3. The van der Waals surface area contributed by atoms with Gasteiger partial charge in [-0.05, 0) is 13.8 Å². The van der Waals surface area contributed by atoms with Crippen LogP contribution in [-0.4, -0.2) is 11.6 Å². The third-order valence-corrected chi connectivity index (χ3v) is 0.677. The summed E-state index contributed by atoms with van der Waals surface area (Å²) >= 11 is 0. The van der Waals surface area contributed by atoms with E-state index in [9.17, 15) is 9.59 Å². The molecule has 0 aromatic heterocycles. The number of ketones is 2. The second-order valence-corrected chi connectivity index (χ2v) is 1.72. The molecule has 0 atom stereocenters. The fourth-order valence-corrected chi connectivity index (χ4v) is 0.287. The Morgan fingerprint density at radius 1 is 1.38 bits per heavy atom. The lowest BCUT2D eigenvalue weighted by molar-refractivity contribution is -0.119. The number of carbonyl (C=O) groups excluding carboxylic acids is 2. The van der Waals surface area contributed by atoms with Crippen LogP contribution in [0.1, 0.15) is 20.3 Å². The summed E-state index contributed by atoms with van der Waals surface area (Å²) < 4.78 is 0. The standard InChI is InChI=1S/C6H9O2/c1-5(7)3-4-6(2)8/h3H,4H2,1-2H3. The number of hydrogen-bond acceptors (Lipinski definition) is 2. The number of Topliss-reactive ketones (excluding diaryl/α,β-unsaturated/α-hetero) is 2. The third-order valence-electron chi connectivity index (χ3n) is 0.677. The van der Waals surface area contributed by atoms with Crippen molar-refractivity contribution in [1.82, 2.24) is 0 Å². The van der Waals surface area contributed by atoms with Crippen LogP contribution in [0.25, 0.3) is 0 Å². The maximum atomic E-state index is 10.2. The molecule has 0 heterocycles. The molecule has 1 radical (unpaired) electrons. The summed E-state index contributed by atoms with van der Waals surface area (Å²) in [6.45, 7) is 2.89. The lowest BCUT2D eigenvalue weighted by Gasteiger charge is -1.86. The minimum atomic E-state index is -0.0415. The topological polar surface area (TPSA) is 34.1 Å². The predicted molar refractivity (Wildman–Crippen MR) is 30.3 cm³/mol. The molecule has 45 valence electrons. The van der Waals surface area contributed by atoms with Crippen LogP contribution in [0.15, 0.2) is 0 Å². The Balaban J connectivity index is 3.18. The SMILES string of the molecule is CC(=O)[CH]CC(C)=O. The number of carbonyl (C=O) groups is 2. The Morgan fingerprint density at radius 3 is 2.00 bits per heavy atom. The van der Waals surface area contributed by atoms with E-state index in [2.05, 4.69) is 0 Å². The molecule has 8 heavy (non-hydrogen) atoms. The molecule has 0 aromatic rings. The van der Waals surface area contributed by atoms with E-state index in [0.717, 1.165) is 0 Å². The quantitative estimate of drug-likeness (QED) is 0.541. The van der Waals surface area contributed by atoms with Gasteiger partial charge in [0.05, 0.1) is 0 Å². The zero-order valence-electron chi connectivity index (χ0n) is 5.10. The fourth-order valence-electron chi connectivity index (χ4n) is 0.287. The molecular formula is C6H9O2. The van der Waals surface area contributed by atoms with E-state index in [1.165, 1.54) is 20.3 Å². The first-order valence-corrected chi connectivity index (χ1v) is 2.46. The highest BCUT2D eigenvalue weighted by Gasteiger charge is 1.95. The second-order valence-electron chi connectivity index (χ2n) is 1.72. The van der Waals surface area contributed by atoms with E-state index in [-0.39, 0.29) is 18.0 Å². The average molecular weight is 113 g/mol. The van der Waals surface area contributed by atoms with Gasteiger partial charge in [-0.1, -0.05) is 0 Å². The first-order chi connectivity index (χ1) is 3.63. The number of rotatable bonds is 3. The molecule has 0 amide bonds. The molecule has 0 bridgehead atoms. The summed E-state index contributed by atoms with van der Waals surface area (Å²) in [5.41, 5.74) is 0. The van der Waals surface area contributed by atoms with E-state index in [0.29, 0.717) is 0 Å². The van der Waals surface area contributed by atoms with Gasteiger partial charge in [-0.2, -0.15) is 0 Å². The molecule has 0 N–H and O–H groups in total. The van der Waals surface area contributed by atoms with Crippen LogP contribution in [0.4, 0.5) is 0 Å². The van der Waals surface area contributed by atoms with Crippen LogP contribution in [0.5, 0.6) is 0 Å². The molecular weight excluding hydrogens is 104 g/mol. The summed E-state index contributed by atoms with van der Waals surface area (Å²) in [6, 6.07) is 0. The van der Waals surface area contributed by atoms with E-state index < -0.39 is 0 Å². The maximum absolute atomic E-state index is 10.2. The van der Waals surface area contributed by atoms with Gasteiger partial charge in [-0.15, -0.1) is 0 Å². The Bertz CT molecular complexity index is 91.1. The van der Waals surface area contributed by atoms with Gasteiger partial charge in [-0.25, -0.2) is 0 Å². The highest BCUT2D eigenvalue weighted by atomic mass is 16.1. The van der Waals surface area contributed by atoms with Crippen molar-refractivity contribution in [3.63, 3.8) is 0 Å². The van der Waals surface area contributed by atoms with Crippen molar-refractivity contribution in [2.24, 2.45) is 0 Å². The molecule has 0 saturated carbocycles. The highest BCUT2D eigenvalue weighted by molar-refractivity contribution is 5.90. The first-order valence-electron chi connectivity index (χ1n) is 2.46. The molecule has 0 aromatic carbocycles. The Hall–Kier alpha value is -0.660. The minimum Gasteiger partial charge on any atom is -0.300 e. The van der Waals surface area contributed by atoms with Crippen molar-refractivity contribution in [2.45, 2.75) is 20.3 Å². The van der Waals surface area contributed by atoms with Crippen LogP contribution in [0, 0.1) is 6.42 Å². The molecule has 0 unspecified atom stereocenters. The van der Waals surface area contributed by atoms with Gasteiger partial charge in [-0.3, -0.25) is 4.79 Å². The van der Waals surface area contributed by atoms with Crippen LogP contribution in [0.2, 0.25) is 0 Å². The molecule has 0 rings (SSSR count). The fraction of sp³-hybridized carbons (Fsp3) is 0.500. The van der Waals surface area contributed by atoms with E-state index >= 15 is 0 Å². The molecule has 0 aliphatic heterocycles. The Kier molecular flexibility index (Phi) is 3.08. The lowest BCUT2D eigenvalue weighted by atomic mass is 10.2. The van der Waals surface area contributed by atoms with E-state index in [1.54, 1.807) is 0 Å². The summed E-state index contributed by atoms with van der Waals surface area (Å²) in [5.74, 6) is -0.0135. The molecule has 0 spiro atoms. The predicted octanol–water partition coefficient (Wildman–Crippen LogP) is 0.759. The van der Waals surface area contributed by atoms with Crippen LogP contribution >= 0.6 is 0 Å². The average Bonchev–Trinajstić information content (AvgIpc) is 1.61. The van der Waals surface area contributed by atoms with Gasteiger partial charge in [0.25, 0.3) is 0 Å². The molecule has 2 heteroatoms. The van der Waals surface area contributed by atoms with Gasteiger partial charge in [0.2, 0.25) is 0 Å². The van der Waals surface area contributed by atoms with Crippen LogP contribution < -0.4 is 0 Å². The second kappa shape index (κ2) is 3.36. The van der Waals surface area contributed by atoms with Gasteiger partial charge in [0.15, 0.2) is 0 Å². The van der Waals surface area contributed by atoms with Crippen molar-refractivity contribution >= 4 is 11.6 Å². The third kappa shape index (κ3) is 5.34. The zero-order chi connectivity index (χ0) is 6.57. The maximum Gasteiger partial charge on any atom is 0.134 e. The first kappa shape index (κ1) is 7.34. The summed E-state index contributed by atoms with van der Waals surface area (Å²) in [5, 5.41) is 0. The monoisotopic (exact) mass is 113 g/mol. The smallest absolute Gasteiger partial charge is 0.134 e. The zero-order valence-corrected chi connectivity index (χ0v) is 5.10. The normalized spacial score (nSPS) is 8.75. The highest BCUT2D eigenvalue weighted by Crippen LogP contribution is 1.87. The Morgan fingerprint density at radius 2 is 1.88 bits per heavy atom. The Labute approximate surface area is 48.9 Å². The number of hydrogen-bond donors (Lipinski definition) is 0. The van der Waals surface area contributed by atoms with E-state index in [1.807, 2.05) is 0 Å². The van der Waals surface area contributed by atoms with Crippen molar-refractivity contribution in [3.8, 4) is 0 Å². The van der Waals surface area contributed by atoms with Gasteiger partial charge >= 0.3 is 0 Å². The van der Waals surface area contributed by atoms with Crippen molar-refractivity contribution in [2.75, 3.05) is 0 Å². The summed E-state index contributed by atoms with van der Waals surface area (Å²) in [6.07, 6.45) is 1.65. The molecule has 0 aliphatic carbocycles. The molecule has 0 saturated heterocycles. The van der Waals surface area contributed by atoms with Crippen LogP contribution in [-0.2, 0) is 9.59 Å². The summed E-state index contributed by atoms with van der Waals surface area (Å²) in [7, 11) is 0. The molecule has 0 fully saturated rings. The molecule has 2 nitrogen and oxygen atoms in total. The van der Waals surface area contributed by atoms with Gasteiger partial charge in [0.1, 0.15) is 11.6 Å². The van der Waals surface area contributed by atoms with Crippen molar-refractivity contribution in [3.05, 3.63) is 6.42 Å². The largest absolute Gasteiger partial charge is 0.300 e. The minimum absolute atomic E-state index is 0.0280. The van der Waals surface area contributed by atoms with Crippen molar-refractivity contribution < 1.29 is 9.59 Å². The van der Waals surface area contributed by atoms with E-state index in [4.69, 9.17) is 0 Å². The van der Waals surface area contributed by atoms with Crippen LogP contribution in [0.3, 0.4) is 0 Å². The van der Waals surface area contributed by atoms with Crippen molar-refractivity contribution in [1.29, 1.82) is 0 Å².